The van der Waals surface area contributed by atoms with Crippen LogP contribution in [-0.4, -0.2) is 24.9 Å². The molecule has 3 rings (SSSR count). The lowest BCUT2D eigenvalue weighted by atomic mass is 10.1. The lowest BCUT2D eigenvalue weighted by molar-refractivity contribution is 0.102. The molecule has 0 spiro atoms. The van der Waals surface area contributed by atoms with Crippen LogP contribution < -0.4 is 10.6 Å². The lowest BCUT2D eigenvalue weighted by Crippen LogP contribution is -2.20. The highest BCUT2D eigenvalue weighted by atomic mass is 35.5. The highest BCUT2D eigenvalue weighted by Gasteiger charge is 2.18. The molecule has 0 aliphatic heterocycles. The summed E-state index contributed by atoms with van der Waals surface area (Å²) in [4.78, 5) is 29.8. The number of anilines is 2. The number of carbonyl (C=O) groups is 2. The molecule has 0 unspecified atom stereocenters. The van der Waals surface area contributed by atoms with Crippen molar-refractivity contribution in [2.24, 2.45) is 0 Å². The Morgan fingerprint density at radius 1 is 0.971 bits per heavy atom. The fourth-order valence-corrected chi connectivity index (χ4v) is 3.40. The largest absolute Gasteiger partial charge is 0.321 e. The van der Waals surface area contributed by atoms with Gasteiger partial charge in [0.2, 0.25) is 0 Å². The molecule has 0 radical (unpaired) electrons. The number of hydrogen-bond acceptors (Lipinski definition) is 4. The molecule has 0 aliphatic rings. The van der Waals surface area contributed by atoms with Gasteiger partial charge in [0.15, 0.2) is 0 Å². The first-order valence-electron chi connectivity index (χ1n) is 10.2. The molecule has 3 aromatic rings. The van der Waals surface area contributed by atoms with E-state index in [1.807, 2.05) is 6.07 Å². The van der Waals surface area contributed by atoms with Gasteiger partial charge in [-0.1, -0.05) is 37.2 Å². The second-order valence-electron chi connectivity index (χ2n) is 8.34. The van der Waals surface area contributed by atoms with Crippen molar-refractivity contribution in [3.63, 3.8) is 0 Å². The molecule has 0 atom stereocenters. The third-order valence-corrected chi connectivity index (χ3v) is 5.50. The molecule has 34 heavy (non-hydrogen) atoms. The van der Waals surface area contributed by atoms with E-state index in [0.717, 1.165) is 6.07 Å². The van der Waals surface area contributed by atoms with E-state index in [-0.39, 0.29) is 28.2 Å². The molecule has 9 heteroatoms. The molecule has 0 fully saturated rings. The zero-order chi connectivity index (χ0) is 24.9. The number of benzene rings is 2. The van der Waals surface area contributed by atoms with Crippen molar-refractivity contribution in [3.05, 3.63) is 87.8 Å². The van der Waals surface area contributed by atoms with Gasteiger partial charge in [0.05, 0.1) is 33.5 Å². The summed E-state index contributed by atoms with van der Waals surface area (Å²) in [5.74, 6) is 1.20. The SMILES string of the molecule is C[Si](C)(C)C#Cc1ccc(NC(=O)c2ccc(C#N)cc2F)c(C(=O)Nc2ccc(Cl)cn2)c1. The summed E-state index contributed by atoms with van der Waals surface area (Å²) < 4.78 is 14.3. The minimum Gasteiger partial charge on any atom is -0.321 e. The van der Waals surface area contributed by atoms with Crippen LogP contribution in [0.15, 0.2) is 54.7 Å². The number of carbonyl (C=O) groups excluding carboxylic acids is 2. The highest BCUT2D eigenvalue weighted by molar-refractivity contribution is 6.83. The zero-order valence-corrected chi connectivity index (χ0v) is 20.4. The summed E-state index contributed by atoms with van der Waals surface area (Å²) in [5, 5.41) is 14.5. The topological polar surface area (TPSA) is 94.9 Å². The lowest BCUT2D eigenvalue weighted by Gasteiger charge is -2.13. The van der Waals surface area contributed by atoms with E-state index in [1.54, 1.807) is 24.3 Å². The minimum atomic E-state index is -1.67. The van der Waals surface area contributed by atoms with Gasteiger partial charge in [-0.2, -0.15) is 5.26 Å². The predicted molar refractivity (Wildman–Crippen MR) is 133 cm³/mol. The van der Waals surface area contributed by atoms with Crippen LogP contribution in [0.1, 0.15) is 31.8 Å². The summed E-state index contributed by atoms with van der Waals surface area (Å²) in [6.07, 6.45) is 1.39. The van der Waals surface area contributed by atoms with Gasteiger partial charge in [0.1, 0.15) is 19.7 Å². The average molecular weight is 491 g/mol. The number of amides is 2. The molecule has 0 aliphatic carbocycles. The maximum absolute atomic E-state index is 14.3. The van der Waals surface area contributed by atoms with E-state index in [1.165, 1.54) is 24.4 Å². The van der Waals surface area contributed by atoms with Gasteiger partial charge in [-0.3, -0.25) is 9.59 Å². The first-order chi connectivity index (χ1) is 16.1. The van der Waals surface area contributed by atoms with Gasteiger partial charge in [0.25, 0.3) is 11.8 Å². The van der Waals surface area contributed by atoms with Crippen molar-refractivity contribution in [2.45, 2.75) is 19.6 Å². The standard InChI is InChI=1S/C25H20ClFN4O2Si/c1-34(2,3)11-10-16-5-8-22(30-24(32)19-7-4-17(14-28)13-21(19)27)20(12-16)25(33)31-23-9-6-18(26)15-29-23/h4-9,12-13,15H,1-3H3,(H,30,32)(H,29,31,33). The highest BCUT2D eigenvalue weighted by Crippen LogP contribution is 2.22. The number of hydrogen-bond donors (Lipinski definition) is 2. The fraction of sp³-hybridized carbons (Fsp3) is 0.120. The van der Waals surface area contributed by atoms with E-state index >= 15 is 0 Å². The molecule has 1 heterocycles. The van der Waals surface area contributed by atoms with Crippen LogP contribution in [0.4, 0.5) is 15.9 Å². The summed E-state index contributed by atoms with van der Waals surface area (Å²) in [7, 11) is -1.67. The summed E-state index contributed by atoms with van der Waals surface area (Å²) in [6.45, 7) is 6.29. The van der Waals surface area contributed by atoms with Crippen LogP contribution in [-0.2, 0) is 0 Å². The quantitative estimate of drug-likeness (QED) is 0.374. The van der Waals surface area contributed by atoms with E-state index < -0.39 is 25.7 Å². The molecular formula is C25H20ClFN4O2Si. The van der Waals surface area contributed by atoms with Crippen molar-refractivity contribution in [1.82, 2.24) is 4.98 Å². The number of rotatable bonds is 4. The molecule has 0 saturated carbocycles. The second-order valence-corrected chi connectivity index (χ2v) is 13.5. The minimum absolute atomic E-state index is 0.0925. The number of nitrogens with zero attached hydrogens (tertiary/aromatic N) is 2. The maximum Gasteiger partial charge on any atom is 0.258 e. The summed E-state index contributed by atoms with van der Waals surface area (Å²) in [5.41, 5.74) is 3.96. The van der Waals surface area contributed by atoms with Gasteiger partial charge in [-0.05, 0) is 48.5 Å². The van der Waals surface area contributed by atoms with Crippen molar-refractivity contribution >= 4 is 43.0 Å². The van der Waals surface area contributed by atoms with Crippen LogP contribution >= 0.6 is 11.6 Å². The molecule has 170 valence electrons. The first-order valence-corrected chi connectivity index (χ1v) is 14.0. The Morgan fingerprint density at radius 2 is 1.68 bits per heavy atom. The van der Waals surface area contributed by atoms with Crippen LogP contribution in [0.3, 0.4) is 0 Å². The first kappa shape index (κ1) is 24.7. The van der Waals surface area contributed by atoms with Crippen LogP contribution in [0.25, 0.3) is 0 Å². The Hall–Kier alpha value is -3.98. The Balaban J connectivity index is 1.97. The Morgan fingerprint density at radius 3 is 2.29 bits per heavy atom. The van der Waals surface area contributed by atoms with E-state index in [9.17, 15) is 14.0 Å². The van der Waals surface area contributed by atoms with Crippen LogP contribution in [0, 0.1) is 28.6 Å². The number of nitriles is 1. The van der Waals surface area contributed by atoms with Gasteiger partial charge in [0, 0.05) is 11.8 Å². The molecule has 2 amide bonds. The predicted octanol–water partition coefficient (Wildman–Crippen LogP) is 5.48. The van der Waals surface area contributed by atoms with E-state index in [2.05, 4.69) is 46.7 Å². The monoisotopic (exact) mass is 490 g/mol. The third kappa shape index (κ3) is 6.52. The Kier molecular flexibility index (Phi) is 7.47. The van der Waals surface area contributed by atoms with Crippen molar-refractivity contribution in [3.8, 4) is 17.5 Å². The maximum atomic E-state index is 14.3. The van der Waals surface area contributed by atoms with Gasteiger partial charge < -0.3 is 10.6 Å². The normalized spacial score (nSPS) is 10.5. The van der Waals surface area contributed by atoms with Gasteiger partial charge in [-0.25, -0.2) is 9.37 Å². The third-order valence-electron chi connectivity index (χ3n) is 4.41. The van der Waals surface area contributed by atoms with Gasteiger partial charge >= 0.3 is 0 Å². The number of nitrogens with one attached hydrogen (secondary N) is 2. The Labute approximate surface area is 202 Å². The molecule has 1 aromatic heterocycles. The molecule has 6 nitrogen and oxygen atoms in total. The van der Waals surface area contributed by atoms with E-state index in [4.69, 9.17) is 16.9 Å². The van der Waals surface area contributed by atoms with Crippen LogP contribution in [0.2, 0.25) is 24.7 Å². The number of pyridine rings is 1. The number of halogens is 2. The van der Waals surface area contributed by atoms with Gasteiger partial charge in [-0.15, -0.1) is 5.54 Å². The molecule has 0 bridgehead atoms. The molecule has 2 N–H and O–H groups in total. The Bertz CT molecular complexity index is 1370. The molecule has 0 saturated heterocycles. The average Bonchev–Trinajstić information content (AvgIpc) is 2.79. The number of aromatic nitrogens is 1. The van der Waals surface area contributed by atoms with E-state index in [0.29, 0.717) is 10.6 Å². The summed E-state index contributed by atoms with van der Waals surface area (Å²) in [6, 6.07) is 13.2. The zero-order valence-electron chi connectivity index (χ0n) is 18.7. The second kappa shape index (κ2) is 10.3. The van der Waals surface area contributed by atoms with Crippen molar-refractivity contribution in [2.75, 3.05) is 10.6 Å². The fourth-order valence-electron chi connectivity index (χ4n) is 2.77. The molecule has 2 aromatic carbocycles. The van der Waals surface area contributed by atoms with Crippen LogP contribution in [0.5, 0.6) is 0 Å². The van der Waals surface area contributed by atoms with Crippen molar-refractivity contribution in [1.29, 1.82) is 5.26 Å². The summed E-state index contributed by atoms with van der Waals surface area (Å²) >= 11 is 5.85. The van der Waals surface area contributed by atoms with Crippen molar-refractivity contribution < 1.29 is 14.0 Å². The smallest absolute Gasteiger partial charge is 0.258 e. The molecular weight excluding hydrogens is 471 g/mol.